The van der Waals surface area contributed by atoms with E-state index >= 15 is 0 Å². The molecule has 0 radical (unpaired) electrons. The van der Waals surface area contributed by atoms with Crippen molar-refractivity contribution in [3.63, 3.8) is 0 Å². The van der Waals surface area contributed by atoms with Crippen molar-refractivity contribution >= 4 is 0 Å². The van der Waals surface area contributed by atoms with E-state index in [2.05, 4.69) is 25.1 Å². The predicted molar refractivity (Wildman–Crippen MR) is 64.2 cm³/mol. The summed E-state index contributed by atoms with van der Waals surface area (Å²) >= 11 is 0. The van der Waals surface area contributed by atoms with Gasteiger partial charge >= 0.3 is 0 Å². The van der Waals surface area contributed by atoms with Gasteiger partial charge in [-0.1, -0.05) is 36.6 Å². The molecule has 0 heterocycles. The smallest absolute Gasteiger partial charge is 0.0131 e. The summed E-state index contributed by atoms with van der Waals surface area (Å²) in [6.45, 7) is 2.23. The van der Waals surface area contributed by atoms with Crippen LogP contribution in [0.2, 0.25) is 0 Å². The lowest BCUT2D eigenvalue weighted by Crippen LogP contribution is -2.23. The highest BCUT2D eigenvalue weighted by atomic mass is 14.4. The molecule has 0 aromatic heterocycles. The average Bonchev–Trinajstić information content (AvgIpc) is 2.29. The van der Waals surface area contributed by atoms with E-state index in [1.807, 2.05) is 0 Å². The van der Waals surface area contributed by atoms with Crippen LogP contribution in [-0.4, -0.2) is 0 Å². The second-order valence-corrected chi connectivity index (χ2v) is 5.39. The minimum atomic E-state index is 0.905. The van der Waals surface area contributed by atoms with Crippen LogP contribution in [0.15, 0.2) is 18.2 Å². The molecule has 0 amide bonds. The largest absolute Gasteiger partial charge is 0.0590 e. The van der Waals surface area contributed by atoms with Gasteiger partial charge in [0.2, 0.25) is 0 Å². The zero-order valence-electron chi connectivity index (χ0n) is 9.63. The molecule has 0 spiro atoms. The first-order valence-electron chi connectivity index (χ1n) is 6.44. The zero-order valence-corrected chi connectivity index (χ0v) is 9.63. The van der Waals surface area contributed by atoms with E-state index < -0.39 is 0 Å². The minimum Gasteiger partial charge on any atom is -0.0590 e. The predicted octanol–water partition coefficient (Wildman–Crippen LogP) is 4.22. The lowest BCUT2D eigenvalue weighted by molar-refractivity contribution is 0.275. The Morgan fingerprint density at radius 1 is 1.07 bits per heavy atom. The Morgan fingerprint density at radius 2 is 1.93 bits per heavy atom. The number of rotatable bonds is 0. The summed E-state index contributed by atoms with van der Waals surface area (Å²) in [5.41, 5.74) is 4.79. The number of fused-ring (bicyclic) bond motifs is 3. The highest BCUT2D eigenvalue weighted by Gasteiger charge is 2.31. The molecule has 0 saturated heterocycles. The Hall–Kier alpha value is -0.780. The molecule has 0 aliphatic heterocycles. The number of hydrogen-bond acceptors (Lipinski definition) is 0. The van der Waals surface area contributed by atoms with E-state index in [4.69, 9.17) is 0 Å². The van der Waals surface area contributed by atoms with E-state index in [1.54, 1.807) is 11.1 Å². The lowest BCUT2D eigenvalue weighted by Gasteiger charge is -2.37. The van der Waals surface area contributed by atoms with Gasteiger partial charge in [-0.25, -0.2) is 0 Å². The summed E-state index contributed by atoms with van der Waals surface area (Å²) in [5, 5.41) is 0. The van der Waals surface area contributed by atoms with Gasteiger partial charge in [0.25, 0.3) is 0 Å². The van der Waals surface area contributed by atoms with E-state index in [9.17, 15) is 0 Å². The molecule has 1 fully saturated rings. The third-order valence-electron chi connectivity index (χ3n) is 4.39. The molecule has 1 aromatic rings. The van der Waals surface area contributed by atoms with Crippen molar-refractivity contribution in [3.8, 4) is 0 Å². The third kappa shape index (κ3) is 1.60. The van der Waals surface area contributed by atoms with E-state index in [-0.39, 0.29) is 0 Å². The highest BCUT2D eigenvalue weighted by molar-refractivity contribution is 5.37. The highest BCUT2D eigenvalue weighted by Crippen LogP contribution is 2.45. The van der Waals surface area contributed by atoms with Gasteiger partial charge < -0.3 is 0 Å². The second kappa shape index (κ2) is 3.66. The fourth-order valence-corrected chi connectivity index (χ4v) is 3.59. The fourth-order valence-electron chi connectivity index (χ4n) is 3.59. The van der Waals surface area contributed by atoms with Crippen molar-refractivity contribution in [1.29, 1.82) is 0 Å². The van der Waals surface area contributed by atoms with Gasteiger partial charge in [-0.05, 0) is 55.6 Å². The lowest BCUT2D eigenvalue weighted by atomic mass is 9.68. The first-order valence-corrected chi connectivity index (χ1v) is 6.44. The van der Waals surface area contributed by atoms with Crippen molar-refractivity contribution in [2.75, 3.05) is 0 Å². The molecule has 1 saturated carbocycles. The molecule has 2 atom stereocenters. The van der Waals surface area contributed by atoms with Crippen LogP contribution in [0.4, 0.5) is 0 Å². The molecular formula is C15H20. The van der Waals surface area contributed by atoms with Crippen molar-refractivity contribution in [1.82, 2.24) is 0 Å². The Balaban J connectivity index is 2.01. The monoisotopic (exact) mass is 200 g/mol. The first-order chi connectivity index (χ1) is 7.34. The van der Waals surface area contributed by atoms with Gasteiger partial charge in [-0.3, -0.25) is 0 Å². The maximum Gasteiger partial charge on any atom is -0.0131 e. The molecule has 15 heavy (non-hydrogen) atoms. The van der Waals surface area contributed by atoms with Crippen molar-refractivity contribution in [3.05, 3.63) is 34.9 Å². The van der Waals surface area contributed by atoms with Crippen LogP contribution in [0, 0.1) is 12.8 Å². The standard InChI is InChI=1S/C15H20/c1-11-6-7-13-9-8-12-4-2-3-5-14(12)15(13)10-11/h6-7,10,12,14H,2-5,8-9H2,1H3. The third-order valence-corrected chi connectivity index (χ3v) is 4.39. The summed E-state index contributed by atoms with van der Waals surface area (Å²) in [6, 6.07) is 7.11. The minimum absolute atomic E-state index is 0.905. The Kier molecular flexibility index (Phi) is 2.31. The SMILES string of the molecule is Cc1ccc2c(c1)C1CCCCC1CC2. The molecule has 0 bridgehead atoms. The van der Waals surface area contributed by atoms with Crippen LogP contribution >= 0.6 is 0 Å². The summed E-state index contributed by atoms with van der Waals surface area (Å²) in [6.07, 6.45) is 8.63. The van der Waals surface area contributed by atoms with Crippen LogP contribution < -0.4 is 0 Å². The summed E-state index contributed by atoms with van der Waals surface area (Å²) in [7, 11) is 0. The molecule has 1 aromatic carbocycles. The Labute approximate surface area is 92.7 Å². The molecule has 2 unspecified atom stereocenters. The Morgan fingerprint density at radius 3 is 2.87 bits per heavy atom. The zero-order chi connectivity index (χ0) is 10.3. The van der Waals surface area contributed by atoms with Crippen LogP contribution in [0.25, 0.3) is 0 Å². The summed E-state index contributed by atoms with van der Waals surface area (Å²) in [4.78, 5) is 0. The van der Waals surface area contributed by atoms with Crippen LogP contribution in [0.3, 0.4) is 0 Å². The van der Waals surface area contributed by atoms with E-state index in [0.29, 0.717) is 0 Å². The van der Waals surface area contributed by atoms with Crippen molar-refractivity contribution < 1.29 is 0 Å². The number of hydrogen-bond donors (Lipinski definition) is 0. The van der Waals surface area contributed by atoms with Crippen molar-refractivity contribution in [2.45, 2.75) is 51.4 Å². The molecule has 2 aliphatic carbocycles. The quantitative estimate of drug-likeness (QED) is 0.588. The molecule has 0 heteroatoms. The molecule has 0 nitrogen and oxygen atoms in total. The van der Waals surface area contributed by atoms with Crippen LogP contribution in [0.5, 0.6) is 0 Å². The van der Waals surface area contributed by atoms with Crippen molar-refractivity contribution in [2.24, 2.45) is 5.92 Å². The molecule has 3 rings (SSSR count). The first kappa shape index (κ1) is 9.45. The van der Waals surface area contributed by atoms with Crippen LogP contribution in [0.1, 0.15) is 54.7 Å². The average molecular weight is 200 g/mol. The maximum absolute atomic E-state index is 2.46. The molecule has 80 valence electrons. The Bertz CT molecular complexity index is 364. The van der Waals surface area contributed by atoms with Gasteiger partial charge in [0.05, 0.1) is 0 Å². The topological polar surface area (TPSA) is 0 Å². The van der Waals surface area contributed by atoms with E-state index in [1.165, 1.54) is 44.1 Å². The maximum atomic E-state index is 2.46. The fraction of sp³-hybridized carbons (Fsp3) is 0.600. The van der Waals surface area contributed by atoms with E-state index in [0.717, 1.165) is 11.8 Å². The van der Waals surface area contributed by atoms with Gasteiger partial charge in [0.1, 0.15) is 0 Å². The molecule has 2 aliphatic rings. The number of benzene rings is 1. The van der Waals surface area contributed by atoms with Gasteiger partial charge in [-0.2, -0.15) is 0 Å². The normalized spacial score (nSPS) is 29.4. The van der Waals surface area contributed by atoms with Gasteiger partial charge in [-0.15, -0.1) is 0 Å². The molecule has 0 N–H and O–H groups in total. The van der Waals surface area contributed by atoms with Crippen LogP contribution in [-0.2, 0) is 6.42 Å². The second-order valence-electron chi connectivity index (χ2n) is 5.39. The summed E-state index contributed by atoms with van der Waals surface area (Å²) in [5.74, 6) is 1.91. The molecular weight excluding hydrogens is 180 g/mol. The van der Waals surface area contributed by atoms with Gasteiger partial charge in [0.15, 0.2) is 0 Å². The summed E-state index contributed by atoms with van der Waals surface area (Å²) < 4.78 is 0. The van der Waals surface area contributed by atoms with Gasteiger partial charge in [0, 0.05) is 0 Å². The number of aryl methyl sites for hydroxylation is 2.